The van der Waals surface area contributed by atoms with Crippen molar-refractivity contribution in [3.8, 4) is 0 Å². The second kappa shape index (κ2) is 5.30. The van der Waals surface area contributed by atoms with Crippen molar-refractivity contribution in [2.75, 3.05) is 0 Å². The van der Waals surface area contributed by atoms with Crippen molar-refractivity contribution in [3.63, 3.8) is 0 Å². The summed E-state index contributed by atoms with van der Waals surface area (Å²) in [5.41, 5.74) is 5.48. The van der Waals surface area contributed by atoms with Gasteiger partial charge >= 0.3 is 0 Å². The molecule has 1 heterocycles. The summed E-state index contributed by atoms with van der Waals surface area (Å²) in [5, 5.41) is 0. The monoisotopic (exact) mass is 272 g/mol. The highest BCUT2D eigenvalue weighted by Crippen LogP contribution is 2.22. The van der Waals surface area contributed by atoms with Gasteiger partial charge in [-0.1, -0.05) is 12.2 Å². The third kappa shape index (κ3) is 3.16. The van der Waals surface area contributed by atoms with Crippen LogP contribution in [0.4, 0.5) is 0 Å². The van der Waals surface area contributed by atoms with Crippen LogP contribution in [-0.4, -0.2) is 14.5 Å². The van der Waals surface area contributed by atoms with Gasteiger partial charge in [0.25, 0.3) is 0 Å². The van der Waals surface area contributed by atoms with Gasteiger partial charge < -0.3 is 5.73 Å². The highest BCUT2D eigenvalue weighted by Gasteiger charge is 2.21. The summed E-state index contributed by atoms with van der Waals surface area (Å²) in [6.07, 6.45) is 6.68. The molecule has 0 aromatic carbocycles. The quantitative estimate of drug-likeness (QED) is 0.818. The van der Waals surface area contributed by atoms with Crippen LogP contribution in [0.25, 0.3) is 0 Å². The molecule has 0 aliphatic heterocycles. The number of hydrogen-bond donors (Lipinski definition) is 2. The van der Waals surface area contributed by atoms with Crippen LogP contribution in [0.5, 0.6) is 0 Å². The van der Waals surface area contributed by atoms with E-state index in [0.29, 0.717) is 10.8 Å². The second-order valence-corrected chi connectivity index (χ2v) is 7.14. The Balaban J connectivity index is 2.10. The van der Waals surface area contributed by atoms with Crippen molar-refractivity contribution >= 4 is 21.4 Å². The van der Waals surface area contributed by atoms with Gasteiger partial charge in [0.15, 0.2) is 0 Å². The highest BCUT2D eigenvalue weighted by molar-refractivity contribution is 7.91. The van der Waals surface area contributed by atoms with Crippen molar-refractivity contribution in [1.29, 1.82) is 0 Å². The molecule has 0 fully saturated rings. The fourth-order valence-corrected chi connectivity index (χ4v) is 4.32. The molecule has 4 nitrogen and oxygen atoms in total. The first kappa shape index (κ1) is 12.8. The summed E-state index contributed by atoms with van der Waals surface area (Å²) in [6.45, 7) is 0.381. The predicted molar refractivity (Wildman–Crippen MR) is 69.3 cm³/mol. The Morgan fingerprint density at radius 3 is 2.82 bits per heavy atom. The average Bonchev–Trinajstić information content (AvgIpc) is 2.79. The van der Waals surface area contributed by atoms with Crippen LogP contribution in [0.1, 0.15) is 24.1 Å². The molecule has 0 saturated heterocycles. The topological polar surface area (TPSA) is 72.2 Å². The molecule has 0 radical (unpaired) electrons. The summed E-state index contributed by atoms with van der Waals surface area (Å²) in [7, 11) is -3.37. The normalized spacial score (nSPS) is 20.6. The molecule has 1 atom stereocenters. The van der Waals surface area contributed by atoms with Crippen molar-refractivity contribution in [3.05, 3.63) is 29.2 Å². The maximum atomic E-state index is 12.1. The molecule has 94 valence electrons. The largest absolute Gasteiger partial charge is 0.326 e. The van der Waals surface area contributed by atoms with Gasteiger partial charge in [-0.15, -0.1) is 11.3 Å². The Kier molecular flexibility index (Phi) is 3.98. The summed E-state index contributed by atoms with van der Waals surface area (Å²) in [6, 6.07) is 3.40. The van der Waals surface area contributed by atoms with E-state index in [1.165, 1.54) is 11.3 Å². The number of hydrogen-bond acceptors (Lipinski definition) is 4. The predicted octanol–water partition coefficient (Wildman–Crippen LogP) is 1.59. The molecule has 1 aliphatic carbocycles. The Hall–Kier alpha value is -0.690. The van der Waals surface area contributed by atoms with Crippen molar-refractivity contribution in [2.45, 2.75) is 36.1 Å². The number of sulfonamides is 1. The van der Waals surface area contributed by atoms with E-state index >= 15 is 0 Å². The third-order valence-corrected chi connectivity index (χ3v) is 5.81. The second-order valence-electron chi connectivity index (χ2n) is 4.03. The van der Waals surface area contributed by atoms with Gasteiger partial charge in [0.1, 0.15) is 4.21 Å². The van der Waals surface area contributed by atoms with Gasteiger partial charge in [-0.25, -0.2) is 13.1 Å². The number of allylic oxidation sites excluding steroid dienone is 1. The van der Waals surface area contributed by atoms with E-state index in [9.17, 15) is 8.42 Å². The van der Waals surface area contributed by atoms with Crippen molar-refractivity contribution in [1.82, 2.24) is 4.72 Å². The minimum absolute atomic E-state index is 0.0217. The molecule has 1 aromatic heterocycles. The lowest BCUT2D eigenvalue weighted by Crippen LogP contribution is -2.34. The van der Waals surface area contributed by atoms with Crippen LogP contribution >= 0.6 is 11.3 Å². The molecule has 2 rings (SSSR count). The Labute approximate surface area is 106 Å². The third-order valence-electron chi connectivity index (χ3n) is 2.69. The summed E-state index contributed by atoms with van der Waals surface area (Å²) >= 11 is 1.23. The summed E-state index contributed by atoms with van der Waals surface area (Å²) in [4.78, 5) is 0.883. The van der Waals surface area contributed by atoms with Gasteiger partial charge in [-0.3, -0.25) is 0 Å². The lowest BCUT2D eigenvalue weighted by Gasteiger charge is -2.18. The molecule has 0 bridgehead atoms. The van der Waals surface area contributed by atoms with Crippen molar-refractivity contribution < 1.29 is 8.42 Å². The minimum atomic E-state index is -3.37. The van der Waals surface area contributed by atoms with E-state index in [2.05, 4.69) is 10.8 Å². The highest BCUT2D eigenvalue weighted by atomic mass is 32.2. The smallest absolute Gasteiger partial charge is 0.250 e. The SMILES string of the molecule is NCc1ccc(S(=O)(=O)NC2CC=CCC2)s1. The first-order chi connectivity index (χ1) is 8.12. The molecular formula is C11H16N2O2S2. The lowest BCUT2D eigenvalue weighted by molar-refractivity contribution is 0.523. The summed E-state index contributed by atoms with van der Waals surface area (Å²) in [5.74, 6) is 0. The zero-order chi connectivity index (χ0) is 12.3. The van der Waals surface area contributed by atoms with Crippen LogP contribution in [0.15, 0.2) is 28.5 Å². The standard InChI is InChI=1S/C11H16N2O2S2/c12-8-10-6-7-11(16-10)17(14,15)13-9-4-2-1-3-5-9/h1-2,6-7,9,13H,3-5,8,12H2. The number of thiophene rings is 1. The van der Waals surface area contributed by atoms with Crippen LogP contribution in [0.2, 0.25) is 0 Å². The van der Waals surface area contributed by atoms with Gasteiger partial charge in [-0.2, -0.15) is 0 Å². The van der Waals surface area contributed by atoms with Crippen LogP contribution < -0.4 is 10.5 Å². The molecule has 6 heteroatoms. The number of nitrogens with two attached hydrogens (primary N) is 1. The number of nitrogens with one attached hydrogen (secondary N) is 1. The molecule has 17 heavy (non-hydrogen) atoms. The van der Waals surface area contributed by atoms with Crippen molar-refractivity contribution in [2.24, 2.45) is 5.73 Å². The zero-order valence-electron chi connectivity index (χ0n) is 9.43. The van der Waals surface area contributed by atoms with Crippen LogP contribution in [-0.2, 0) is 16.6 Å². The van der Waals surface area contributed by atoms with E-state index in [1.807, 2.05) is 6.08 Å². The Bertz CT molecular complexity index is 505. The fourth-order valence-electron chi connectivity index (χ4n) is 1.79. The summed E-state index contributed by atoms with van der Waals surface area (Å²) < 4.78 is 27.2. The first-order valence-electron chi connectivity index (χ1n) is 5.58. The van der Waals surface area contributed by atoms with E-state index < -0.39 is 10.0 Å². The fraction of sp³-hybridized carbons (Fsp3) is 0.455. The minimum Gasteiger partial charge on any atom is -0.326 e. The van der Waals surface area contributed by atoms with Gasteiger partial charge in [0, 0.05) is 17.5 Å². The Morgan fingerprint density at radius 1 is 1.41 bits per heavy atom. The van der Waals surface area contributed by atoms with E-state index in [0.717, 1.165) is 24.1 Å². The zero-order valence-corrected chi connectivity index (χ0v) is 11.1. The maximum Gasteiger partial charge on any atom is 0.250 e. The van der Waals surface area contributed by atoms with Gasteiger partial charge in [-0.05, 0) is 31.4 Å². The van der Waals surface area contributed by atoms with E-state index in [1.54, 1.807) is 12.1 Å². The molecule has 1 aliphatic rings. The van der Waals surface area contributed by atoms with E-state index in [4.69, 9.17) is 5.73 Å². The first-order valence-corrected chi connectivity index (χ1v) is 7.88. The molecule has 1 unspecified atom stereocenters. The molecular weight excluding hydrogens is 256 g/mol. The number of rotatable bonds is 4. The Morgan fingerprint density at radius 2 is 2.24 bits per heavy atom. The van der Waals surface area contributed by atoms with Crippen LogP contribution in [0.3, 0.4) is 0 Å². The molecule has 0 spiro atoms. The maximum absolute atomic E-state index is 12.1. The average molecular weight is 272 g/mol. The molecule has 0 amide bonds. The lowest BCUT2D eigenvalue weighted by atomic mass is 10.0. The van der Waals surface area contributed by atoms with Gasteiger partial charge in [0.2, 0.25) is 10.0 Å². The molecule has 3 N–H and O–H groups in total. The molecule has 0 saturated carbocycles. The van der Waals surface area contributed by atoms with E-state index in [-0.39, 0.29) is 6.04 Å². The van der Waals surface area contributed by atoms with Gasteiger partial charge in [0.05, 0.1) is 0 Å². The van der Waals surface area contributed by atoms with Crippen LogP contribution in [0, 0.1) is 0 Å². The molecule has 1 aromatic rings.